The molecule has 0 aliphatic rings. The highest BCUT2D eigenvalue weighted by atomic mass is 15.4. The standard InChI is InChI=1S/C17H26N4/c1-16(2,3)13-7-9-15(10-8-13)21-12-14(19-20-21)11-18-17(4,5)6/h7-10,12,18H,11H2,1-6H3. The Balaban J connectivity index is 2.11. The zero-order valence-electron chi connectivity index (χ0n) is 13.9. The van der Waals surface area contributed by atoms with Crippen molar-refractivity contribution >= 4 is 0 Å². The summed E-state index contributed by atoms with van der Waals surface area (Å²) < 4.78 is 1.83. The van der Waals surface area contributed by atoms with Crippen molar-refractivity contribution in [3.8, 4) is 5.69 Å². The molecule has 0 atom stereocenters. The summed E-state index contributed by atoms with van der Waals surface area (Å²) >= 11 is 0. The number of hydrogen-bond acceptors (Lipinski definition) is 3. The number of benzene rings is 1. The van der Waals surface area contributed by atoms with E-state index in [-0.39, 0.29) is 11.0 Å². The quantitative estimate of drug-likeness (QED) is 0.939. The number of aromatic nitrogens is 3. The van der Waals surface area contributed by atoms with E-state index >= 15 is 0 Å². The van der Waals surface area contributed by atoms with Crippen molar-refractivity contribution in [3.05, 3.63) is 41.7 Å². The molecule has 4 heteroatoms. The van der Waals surface area contributed by atoms with E-state index in [2.05, 4.69) is 81.4 Å². The lowest BCUT2D eigenvalue weighted by Gasteiger charge is -2.19. The molecule has 2 rings (SSSR count). The fourth-order valence-electron chi connectivity index (χ4n) is 1.98. The van der Waals surface area contributed by atoms with Crippen molar-refractivity contribution in [2.24, 2.45) is 0 Å². The molecule has 0 saturated carbocycles. The molecule has 1 N–H and O–H groups in total. The molecule has 0 aliphatic heterocycles. The molecule has 0 radical (unpaired) electrons. The van der Waals surface area contributed by atoms with Gasteiger partial charge in [0.25, 0.3) is 0 Å². The van der Waals surface area contributed by atoms with Crippen LogP contribution in [-0.4, -0.2) is 20.5 Å². The van der Waals surface area contributed by atoms with Gasteiger partial charge in [-0.25, -0.2) is 4.68 Å². The molecule has 1 heterocycles. The van der Waals surface area contributed by atoms with Crippen molar-refractivity contribution in [1.29, 1.82) is 0 Å². The summed E-state index contributed by atoms with van der Waals surface area (Å²) in [7, 11) is 0. The van der Waals surface area contributed by atoms with Crippen molar-refractivity contribution in [2.45, 2.75) is 59.0 Å². The molecular formula is C17H26N4. The topological polar surface area (TPSA) is 42.7 Å². The highest BCUT2D eigenvalue weighted by Gasteiger charge is 2.14. The molecule has 0 unspecified atom stereocenters. The van der Waals surface area contributed by atoms with Crippen molar-refractivity contribution in [2.75, 3.05) is 0 Å². The largest absolute Gasteiger partial charge is 0.306 e. The van der Waals surface area contributed by atoms with Gasteiger partial charge in [-0.1, -0.05) is 38.1 Å². The van der Waals surface area contributed by atoms with Crippen LogP contribution in [0.15, 0.2) is 30.5 Å². The van der Waals surface area contributed by atoms with E-state index in [1.165, 1.54) is 5.56 Å². The van der Waals surface area contributed by atoms with Gasteiger partial charge in [-0.3, -0.25) is 0 Å². The first-order valence-electron chi connectivity index (χ1n) is 7.42. The maximum absolute atomic E-state index is 4.22. The minimum Gasteiger partial charge on any atom is -0.306 e. The maximum Gasteiger partial charge on any atom is 0.0969 e. The predicted molar refractivity (Wildman–Crippen MR) is 86.7 cm³/mol. The van der Waals surface area contributed by atoms with E-state index < -0.39 is 0 Å². The third-order valence-corrected chi connectivity index (χ3v) is 3.34. The summed E-state index contributed by atoms with van der Waals surface area (Å²) in [6.45, 7) is 13.8. The Bertz CT molecular complexity index is 582. The maximum atomic E-state index is 4.22. The van der Waals surface area contributed by atoms with Crippen LogP contribution in [-0.2, 0) is 12.0 Å². The Morgan fingerprint density at radius 2 is 1.62 bits per heavy atom. The van der Waals surface area contributed by atoms with E-state index in [9.17, 15) is 0 Å². The molecule has 2 aromatic rings. The summed E-state index contributed by atoms with van der Waals surface area (Å²) in [6.07, 6.45) is 1.98. The molecule has 1 aromatic heterocycles. The van der Waals surface area contributed by atoms with E-state index in [1.807, 2.05) is 10.9 Å². The molecule has 0 bridgehead atoms. The summed E-state index contributed by atoms with van der Waals surface area (Å²) in [5, 5.41) is 11.8. The molecule has 0 aliphatic carbocycles. The molecule has 21 heavy (non-hydrogen) atoms. The van der Waals surface area contributed by atoms with Gasteiger partial charge in [0.15, 0.2) is 0 Å². The van der Waals surface area contributed by atoms with E-state index in [0.29, 0.717) is 0 Å². The zero-order chi connectivity index (χ0) is 15.7. The number of rotatable bonds is 3. The van der Waals surface area contributed by atoms with Gasteiger partial charge in [0.2, 0.25) is 0 Å². The molecule has 0 spiro atoms. The van der Waals surface area contributed by atoms with Crippen LogP contribution in [0.25, 0.3) is 5.69 Å². The summed E-state index contributed by atoms with van der Waals surface area (Å²) in [5.41, 5.74) is 3.56. The van der Waals surface area contributed by atoms with Crippen molar-refractivity contribution in [3.63, 3.8) is 0 Å². The van der Waals surface area contributed by atoms with E-state index in [1.54, 1.807) is 0 Å². The monoisotopic (exact) mass is 286 g/mol. The fraction of sp³-hybridized carbons (Fsp3) is 0.529. The first-order chi connectivity index (χ1) is 9.65. The molecular weight excluding hydrogens is 260 g/mol. The first kappa shape index (κ1) is 15.7. The van der Waals surface area contributed by atoms with Gasteiger partial charge >= 0.3 is 0 Å². The number of hydrogen-bond donors (Lipinski definition) is 1. The second-order valence-corrected chi connectivity index (χ2v) is 7.55. The summed E-state index contributed by atoms with van der Waals surface area (Å²) in [6, 6.07) is 8.50. The highest BCUT2D eigenvalue weighted by Crippen LogP contribution is 2.22. The average Bonchev–Trinajstić information content (AvgIpc) is 2.83. The first-order valence-corrected chi connectivity index (χ1v) is 7.42. The molecule has 114 valence electrons. The van der Waals surface area contributed by atoms with Gasteiger partial charge in [-0.2, -0.15) is 0 Å². The lowest BCUT2D eigenvalue weighted by Crippen LogP contribution is -2.35. The van der Waals surface area contributed by atoms with Gasteiger partial charge in [-0.05, 0) is 43.9 Å². The number of nitrogens with zero attached hydrogens (tertiary/aromatic N) is 3. The predicted octanol–water partition coefficient (Wildman–Crippen LogP) is 3.45. The number of nitrogens with one attached hydrogen (secondary N) is 1. The second kappa shape index (κ2) is 5.60. The molecule has 0 saturated heterocycles. The Labute approximate surface area is 127 Å². The SMILES string of the molecule is CC(C)(C)NCc1cn(-c2ccc(C(C)(C)C)cc2)nn1. The third-order valence-electron chi connectivity index (χ3n) is 3.34. The van der Waals surface area contributed by atoms with Crippen molar-refractivity contribution in [1.82, 2.24) is 20.3 Å². The Kier molecular flexibility index (Phi) is 4.19. The molecule has 0 fully saturated rings. The normalized spacial score (nSPS) is 12.7. The van der Waals surface area contributed by atoms with Crippen LogP contribution in [0.1, 0.15) is 52.8 Å². The highest BCUT2D eigenvalue weighted by molar-refractivity contribution is 5.36. The third kappa shape index (κ3) is 4.39. The van der Waals surface area contributed by atoms with E-state index in [0.717, 1.165) is 17.9 Å². The second-order valence-electron chi connectivity index (χ2n) is 7.55. The van der Waals surface area contributed by atoms with Crippen LogP contribution in [0, 0.1) is 0 Å². The fourth-order valence-corrected chi connectivity index (χ4v) is 1.98. The molecule has 0 amide bonds. The van der Waals surface area contributed by atoms with E-state index in [4.69, 9.17) is 0 Å². The minimum absolute atomic E-state index is 0.0815. The Hall–Kier alpha value is -1.68. The van der Waals surface area contributed by atoms with Gasteiger partial charge in [0.1, 0.15) is 0 Å². The summed E-state index contributed by atoms with van der Waals surface area (Å²) in [5.74, 6) is 0. The lowest BCUT2D eigenvalue weighted by molar-refractivity contribution is 0.421. The van der Waals surface area contributed by atoms with Gasteiger partial charge < -0.3 is 5.32 Å². The zero-order valence-corrected chi connectivity index (χ0v) is 13.9. The molecule has 4 nitrogen and oxygen atoms in total. The van der Waals surface area contributed by atoms with Crippen LogP contribution in [0.5, 0.6) is 0 Å². The van der Waals surface area contributed by atoms with Crippen LogP contribution in [0.3, 0.4) is 0 Å². The van der Waals surface area contributed by atoms with Crippen LogP contribution in [0.4, 0.5) is 0 Å². The molecule has 1 aromatic carbocycles. The summed E-state index contributed by atoms with van der Waals surface area (Å²) in [4.78, 5) is 0. The van der Waals surface area contributed by atoms with Crippen LogP contribution >= 0.6 is 0 Å². The minimum atomic E-state index is 0.0815. The van der Waals surface area contributed by atoms with Gasteiger partial charge in [0.05, 0.1) is 17.6 Å². The van der Waals surface area contributed by atoms with Gasteiger partial charge in [0, 0.05) is 12.1 Å². The smallest absolute Gasteiger partial charge is 0.0969 e. The van der Waals surface area contributed by atoms with Gasteiger partial charge in [-0.15, -0.1) is 5.10 Å². The Morgan fingerprint density at radius 3 is 2.14 bits per heavy atom. The lowest BCUT2D eigenvalue weighted by atomic mass is 9.87. The van der Waals surface area contributed by atoms with Crippen LogP contribution < -0.4 is 5.32 Å². The average molecular weight is 286 g/mol. The Morgan fingerprint density at radius 1 is 1.00 bits per heavy atom. The van der Waals surface area contributed by atoms with Crippen LogP contribution in [0.2, 0.25) is 0 Å². The van der Waals surface area contributed by atoms with Crippen molar-refractivity contribution < 1.29 is 0 Å².